The number of para-hydroxylation sites is 1. The van der Waals surface area contributed by atoms with E-state index >= 15 is 0 Å². The molecule has 0 radical (unpaired) electrons. The Hall–Kier alpha value is -3.48. The highest BCUT2D eigenvalue weighted by atomic mass is 16.4. The zero-order chi connectivity index (χ0) is 21.4. The topological polar surface area (TPSA) is 83.6 Å². The van der Waals surface area contributed by atoms with Gasteiger partial charge in [-0.3, -0.25) is 14.5 Å². The molecule has 1 aliphatic heterocycles. The fraction of sp³-hybridized carbons (Fsp3) is 0.333. The highest BCUT2D eigenvalue weighted by molar-refractivity contribution is 6.15. The number of benzene rings is 2. The van der Waals surface area contributed by atoms with Crippen LogP contribution in [0.5, 0.6) is 0 Å². The third-order valence-electron chi connectivity index (χ3n) is 6.25. The molecule has 1 aromatic heterocycles. The minimum Gasteiger partial charge on any atom is -0.465 e. The number of aryl methyl sites for hydroxylation is 1. The SMILES string of the molecule is Cc1nnc2n1-c1ccccc1C(c1ccccc1)=NC2N(CC1CCCC1)C(=O)O. The Bertz CT molecular complexity index is 1130. The van der Waals surface area contributed by atoms with Crippen LogP contribution in [-0.2, 0) is 0 Å². The summed E-state index contributed by atoms with van der Waals surface area (Å²) >= 11 is 0. The van der Waals surface area contributed by atoms with Gasteiger partial charge in [0.1, 0.15) is 5.82 Å². The van der Waals surface area contributed by atoms with Gasteiger partial charge in [-0.15, -0.1) is 10.2 Å². The number of hydrogen-bond acceptors (Lipinski definition) is 4. The molecule has 1 unspecified atom stereocenters. The van der Waals surface area contributed by atoms with E-state index < -0.39 is 12.3 Å². The second-order valence-corrected chi connectivity index (χ2v) is 8.26. The molecule has 7 nitrogen and oxygen atoms in total. The lowest BCUT2D eigenvalue weighted by Crippen LogP contribution is -2.37. The number of hydrogen-bond donors (Lipinski definition) is 1. The number of aliphatic imine (C=N–C) groups is 1. The van der Waals surface area contributed by atoms with Crippen molar-refractivity contribution in [3.8, 4) is 5.69 Å². The predicted molar refractivity (Wildman–Crippen MR) is 118 cm³/mol. The van der Waals surface area contributed by atoms with Gasteiger partial charge >= 0.3 is 6.09 Å². The third-order valence-corrected chi connectivity index (χ3v) is 6.25. The van der Waals surface area contributed by atoms with Crippen molar-refractivity contribution in [2.75, 3.05) is 6.54 Å². The Labute approximate surface area is 181 Å². The maximum atomic E-state index is 12.4. The molecule has 0 bridgehead atoms. The third kappa shape index (κ3) is 3.50. The van der Waals surface area contributed by atoms with E-state index in [4.69, 9.17) is 4.99 Å². The first-order valence-corrected chi connectivity index (χ1v) is 10.8. The van der Waals surface area contributed by atoms with Crippen molar-refractivity contribution >= 4 is 11.8 Å². The van der Waals surface area contributed by atoms with Gasteiger partial charge in [-0.05, 0) is 31.7 Å². The largest absolute Gasteiger partial charge is 0.465 e. The lowest BCUT2D eigenvalue weighted by molar-refractivity contribution is 0.113. The molecule has 1 fully saturated rings. The van der Waals surface area contributed by atoms with Crippen LogP contribution in [0, 0.1) is 12.8 Å². The van der Waals surface area contributed by atoms with Gasteiger partial charge < -0.3 is 5.11 Å². The molecular formula is C24H25N5O2. The molecular weight excluding hydrogens is 390 g/mol. The van der Waals surface area contributed by atoms with Gasteiger partial charge in [-0.25, -0.2) is 4.79 Å². The summed E-state index contributed by atoms with van der Waals surface area (Å²) in [6.45, 7) is 2.34. The maximum Gasteiger partial charge on any atom is 0.409 e. The van der Waals surface area contributed by atoms with Crippen LogP contribution >= 0.6 is 0 Å². The molecule has 7 heteroatoms. The van der Waals surface area contributed by atoms with E-state index in [2.05, 4.69) is 10.2 Å². The number of amides is 1. The average Bonchev–Trinajstić information content (AvgIpc) is 3.40. The van der Waals surface area contributed by atoms with E-state index in [9.17, 15) is 9.90 Å². The van der Waals surface area contributed by atoms with Crippen molar-refractivity contribution < 1.29 is 9.90 Å². The smallest absolute Gasteiger partial charge is 0.409 e. The van der Waals surface area contributed by atoms with Crippen molar-refractivity contribution in [2.24, 2.45) is 10.9 Å². The van der Waals surface area contributed by atoms with Crippen LogP contribution in [0.2, 0.25) is 0 Å². The lowest BCUT2D eigenvalue weighted by Gasteiger charge is -2.28. The summed E-state index contributed by atoms with van der Waals surface area (Å²) in [7, 11) is 0. The molecule has 3 aromatic rings. The van der Waals surface area contributed by atoms with E-state index in [1.807, 2.05) is 66.1 Å². The van der Waals surface area contributed by atoms with Gasteiger partial charge in [0.05, 0.1) is 11.4 Å². The highest BCUT2D eigenvalue weighted by Gasteiger charge is 2.35. The van der Waals surface area contributed by atoms with Gasteiger partial charge in [0.2, 0.25) is 0 Å². The number of nitrogens with zero attached hydrogens (tertiary/aromatic N) is 5. The monoisotopic (exact) mass is 415 g/mol. The van der Waals surface area contributed by atoms with Gasteiger partial charge in [0, 0.05) is 17.7 Å². The number of fused-ring (bicyclic) bond motifs is 3. The Morgan fingerprint density at radius 1 is 1.06 bits per heavy atom. The molecule has 1 saturated carbocycles. The van der Waals surface area contributed by atoms with Gasteiger partial charge in [0.25, 0.3) is 0 Å². The fourth-order valence-corrected chi connectivity index (χ4v) is 4.75. The zero-order valence-corrected chi connectivity index (χ0v) is 17.5. The van der Waals surface area contributed by atoms with Crippen molar-refractivity contribution in [2.45, 2.75) is 38.8 Å². The Kier molecular flexibility index (Phi) is 5.02. The Morgan fingerprint density at radius 3 is 2.52 bits per heavy atom. The first kappa shape index (κ1) is 19.5. The van der Waals surface area contributed by atoms with Gasteiger partial charge in [-0.2, -0.15) is 0 Å². The van der Waals surface area contributed by atoms with Crippen molar-refractivity contribution in [1.29, 1.82) is 0 Å². The summed E-state index contributed by atoms with van der Waals surface area (Å²) in [5.74, 6) is 1.61. The molecule has 5 rings (SSSR count). The van der Waals surface area contributed by atoms with Crippen molar-refractivity contribution in [3.05, 3.63) is 77.4 Å². The summed E-state index contributed by atoms with van der Waals surface area (Å²) in [6, 6.07) is 17.9. The second kappa shape index (κ2) is 7.98. The van der Waals surface area contributed by atoms with Crippen LogP contribution in [0.4, 0.5) is 4.79 Å². The standard InChI is InChI=1S/C24H25N5O2/c1-16-26-27-23-22(28(24(30)31)15-17-9-5-6-10-17)25-21(18-11-3-2-4-12-18)19-13-7-8-14-20(19)29(16)23/h2-4,7-8,11-14,17,22H,5-6,9-10,15H2,1H3,(H,30,31). The van der Waals surface area contributed by atoms with Gasteiger partial charge in [0.15, 0.2) is 12.0 Å². The first-order valence-electron chi connectivity index (χ1n) is 10.8. The molecule has 1 atom stereocenters. The highest BCUT2D eigenvalue weighted by Crippen LogP contribution is 2.35. The van der Waals surface area contributed by atoms with E-state index in [0.29, 0.717) is 24.1 Å². The Balaban J connectivity index is 1.71. The summed E-state index contributed by atoms with van der Waals surface area (Å²) < 4.78 is 1.95. The average molecular weight is 415 g/mol. The van der Waals surface area contributed by atoms with Crippen LogP contribution in [-0.4, -0.2) is 43.1 Å². The molecule has 158 valence electrons. The summed E-state index contributed by atoms with van der Waals surface area (Å²) in [5, 5.41) is 18.9. The van der Waals surface area contributed by atoms with E-state index in [-0.39, 0.29) is 0 Å². The maximum absolute atomic E-state index is 12.4. The van der Waals surface area contributed by atoms with Crippen LogP contribution < -0.4 is 0 Å². The number of carboxylic acid groups (broad SMARTS) is 1. The second-order valence-electron chi connectivity index (χ2n) is 8.26. The van der Waals surface area contributed by atoms with Crippen molar-refractivity contribution in [1.82, 2.24) is 19.7 Å². The summed E-state index contributed by atoms with van der Waals surface area (Å²) in [6.07, 6.45) is 2.67. The summed E-state index contributed by atoms with van der Waals surface area (Å²) in [4.78, 5) is 18.9. The number of rotatable bonds is 4. The quantitative estimate of drug-likeness (QED) is 0.675. The fourth-order valence-electron chi connectivity index (χ4n) is 4.75. The molecule has 2 aromatic carbocycles. The minimum absolute atomic E-state index is 0.356. The molecule has 2 heterocycles. The normalized spacial score (nSPS) is 18.1. The van der Waals surface area contributed by atoms with Crippen LogP contribution in [0.1, 0.15) is 54.6 Å². The molecule has 1 amide bonds. The van der Waals surface area contributed by atoms with Crippen molar-refractivity contribution in [3.63, 3.8) is 0 Å². The number of carbonyl (C=O) groups is 1. The van der Waals surface area contributed by atoms with E-state index in [0.717, 1.165) is 48.2 Å². The number of aromatic nitrogens is 3. The zero-order valence-electron chi connectivity index (χ0n) is 17.5. The molecule has 2 aliphatic rings. The lowest BCUT2D eigenvalue weighted by atomic mass is 10.0. The Morgan fingerprint density at radius 2 is 1.77 bits per heavy atom. The van der Waals surface area contributed by atoms with Crippen LogP contribution in [0.25, 0.3) is 5.69 Å². The molecule has 0 spiro atoms. The minimum atomic E-state index is -0.980. The van der Waals surface area contributed by atoms with Crippen LogP contribution in [0.15, 0.2) is 59.6 Å². The molecule has 1 N–H and O–H groups in total. The first-order chi connectivity index (χ1) is 15.1. The summed E-state index contributed by atoms with van der Waals surface area (Å²) in [5.41, 5.74) is 3.56. The predicted octanol–water partition coefficient (Wildman–Crippen LogP) is 4.60. The van der Waals surface area contributed by atoms with E-state index in [1.54, 1.807) is 0 Å². The van der Waals surface area contributed by atoms with E-state index in [1.165, 1.54) is 4.90 Å². The molecule has 1 aliphatic carbocycles. The van der Waals surface area contributed by atoms with Gasteiger partial charge in [-0.1, -0.05) is 61.4 Å². The van der Waals surface area contributed by atoms with Crippen LogP contribution in [0.3, 0.4) is 0 Å². The molecule has 31 heavy (non-hydrogen) atoms. The molecule has 0 saturated heterocycles.